The van der Waals surface area contributed by atoms with Gasteiger partial charge < -0.3 is 5.11 Å². The third-order valence-electron chi connectivity index (χ3n) is 4.16. The van der Waals surface area contributed by atoms with Gasteiger partial charge in [0.2, 0.25) is 10.0 Å². The highest BCUT2D eigenvalue weighted by Crippen LogP contribution is 2.34. The van der Waals surface area contributed by atoms with E-state index in [2.05, 4.69) is 4.72 Å². The van der Waals surface area contributed by atoms with Gasteiger partial charge in [-0.25, -0.2) is 13.1 Å². The maximum atomic E-state index is 12.1. The van der Waals surface area contributed by atoms with Crippen molar-refractivity contribution in [2.45, 2.75) is 50.4 Å². The van der Waals surface area contributed by atoms with Crippen LogP contribution in [0.5, 0.6) is 0 Å². The number of halogens is 3. The Morgan fingerprint density at radius 3 is 2.35 bits per heavy atom. The highest BCUT2D eigenvalue weighted by atomic mass is 32.2. The number of carboxylic acids is 1. The van der Waals surface area contributed by atoms with Gasteiger partial charge >= 0.3 is 12.1 Å². The summed E-state index contributed by atoms with van der Waals surface area (Å²) >= 11 is 0. The molecule has 0 aliphatic heterocycles. The maximum Gasteiger partial charge on any atom is 0.390 e. The molecule has 23 heavy (non-hydrogen) atoms. The summed E-state index contributed by atoms with van der Waals surface area (Å²) < 4.78 is 61.7. The molecule has 134 valence electrons. The lowest BCUT2D eigenvalue weighted by atomic mass is 9.86. The van der Waals surface area contributed by atoms with E-state index in [1.807, 2.05) is 4.90 Å². The normalized spacial score (nSPS) is 25.4. The first-order valence-corrected chi connectivity index (χ1v) is 9.22. The Labute approximate surface area is 133 Å². The van der Waals surface area contributed by atoms with E-state index in [4.69, 9.17) is 5.11 Å². The molecule has 2 fully saturated rings. The smallest absolute Gasteiger partial charge is 0.390 e. The summed E-state index contributed by atoms with van der Waals surface area (Å²) in [5, 5.41) is 8.92. The summed E-state index contributed by atoms with van der Waals surface area (Å²) in [4.78, 5) is 12.7. The van der Waals surface area contributed by atoms with Crippen molar-refractivity contribution in [3.8, 4) is 0 Å². The first-order chi connectivity index (χ1) is 10.5. The molecule has 2 rings (SSSR count). The van der Waals surface area contributed by atoms with Crippen LogP contribution < -0.4 is 4.72 Å². The number of hydrogen-bond acceptors (Lipinski definition) is 4. The van der Waals surface area contributed by atoms with E-state index < -0.39 is 40.4 Å². The fraction of sp³-hybridized carbons (Fsp3) is 0.923. The molecule has 0 heterocycles. The number of nitrogens with one attached hydrogen (secondary N) is 1. The van der Waals surface area contributed by atoms with Gasteiger partial charge in [-0.1, -0.05) is 0 Å². The number of sulfonamides is 1. The Bertz CT molecular complexity index is 528. The molecular formula is C13H21F3N2O4S. The summed E-state index contributed by atoms with van der Waals surface area (Å²) in [7, 11) is -3.96. The molecular weight excluding hydrogens is 337 g/mol. The number of hydrogen-bond donors (Lipinski definition) is 2. The standard InChI is InChI=1S/C13H21F3N2O4S/c14-13(15,16)3-4-23(21,22)17-10-5-11(6-10)18(8-12(19)20)7-9-1-2-9/h9-11,17H,1-8H2,(H,19,20). The first kappa shape index (κ1) is 18.5. The molecule has 0 atom stereocenters. The van der Waals surface area contributed by atoms with Gasteiger partial charge in [-0.3, -0.25) is 9.69 Å². The van der Waals surface area contributed by atoms with Crippen molar-refractivity contribution < 1.29 is 31.5 Å². The number of carbonyl (C=O) groups is 1. The van der Waals surface area contributed by atoms with Crippen molar-refractivity contribution in [3.05, 3.63) is 0 Å². The molecule has 6 nitrogen and oxygen atoms in total. The Hall–Kier alpha value is -0.870. The van der Waals surface area contributed by atoms with Crippen LogP contribution >= 0.6 is 0 Å². The van der Waals surface area contributed by atoms with E-state index in [-0.39, 0.29) is 12.6 Å². The SMILES string of the molecule is O=C(O)CN(CC1CC1)C1CC(NS(=O)(=O)CCC(F)(F)F)C1. The monoisotopic (exact) mass is 358 g/mol. The van der Waals surface area contributed by atoms with Crippen molar-refractivity contribution in [3.63, 3.8) is 0 Å². The van der Waals surface area contributed by atoms with E-state index >= 15 is 0 Å². The molecule has 0 saturated heterocycles. The quantitative estimate of drug-likeness (QED) is 0.646. The Morgan fingerprint density at radius 2 is 1.87 bits per heavy atom. The van der Waals surface area contributed by atoms with Crippen LogP contribution in [0.25, 0.3) is 0 Å². The average molecular weight is 358 g/mol. The van der Waals surface area contributed by atoms with Crippen molar-refractivity contribution in [2.75, 3.05) is 18.8 Å². The molecule has 0 spiro atoms. The third-order valence-corrected chi connectivity index (χ3v) is 5.59. The molecule has 0 bridgehead atoms. The molecule has 0 aromatic carbocycles. The van der Waals surface area contributed by atoms with Crippen molar-refractivity contribution >= 4 is 16.0 Å². The predicted octanol–water partition coefficient (Wildman–Crippen LogP) is 1.19. The van der Waals surface area contributed by atoms with Gasteiger partial charge in [0, 0.05) is 18.6 Å². The number of nitrogens with zero attached hydrogens (tertiary/aromatic N) is 1. The second-order valence-electron chi connectivity index (χ2n) is 6.39. The summed E-state index contributed by atoms with van der Waals surface area (Å²) in [6, 6.07) is -0.434. The van der Waals surface area contributed by atoms with Crippen LogP contribution in [-0.2, 0) is 14.8 Å². The topological polar surface area (TPSA) is 86.7 Å². The van der Waals surface area contributed by atoms with Gasteiger partial charge in [-0.15, -0.1) is 0 Å². The summed E-state index contributed by atoms with van der Waals surface area (Å²) in [6.45, 7) is 0.596. The zero-order valence-corrected chi connectivity index (χ0v) is 13.4. The lowest BCUT2D eigenvalue weighted by Gasteiger charge is -2.42. The number of carboxylic acid groups (broad SMARTS) is 1. The molecule has 0 amide bonds. The number of aliphatic carboxylic acids is 1. The maximum absolute atomic E-state index is 12.1. The zero-order valence-electron chi connectivity index (χ0n) is 12.6. The number of rotatable bonds is 9. The molecule has 10 heteroatoms. The minimum Gasteiger partial charge on any atom is -0.480 e. The second-order valence-corrected chi connectivity index (χ2v) is 8.26. The lowest BCUT2D eigenvalue weighted by molar-refractivity contribution is -0.139. The molecule has 0 aromatic heterocycles. The molecule has 0 aromatic rings. The van der Waals surface area contributed by atoms with E-state index in [1.54, 1.807) is 0 Å². The van der Waals surface area contributed by atoms with Gasteiger partial charge in [-0.05, 0) is 31.6 Å². The van der Waals surface area contributed by atoms with E-state index in [1.165, 1.54) is 0 Å². The fourth-order valence-electron chi connectivity index (χ4n) is 2.69. The van der Waals surface area contributed by atoms with Crippen LogP contribution in [0.1, 0.15) is 32.1 Å². The van der Waals surface area contributed by atoms with E-state index in [9.17, 15) is 26.4 Å². The van der Waals surface area contributed by atoms with Crippen LogP contribution in [0.3, 0.4) is 0 Å². The van der Waals surface area contributed by atoms with Gasteiger partial charge in [0.05, 0.1) is 18.7 Å². The molecule has 0 radical (unpaired) electrons. The predicted molar refractivity (Wildman–Crippen MR) is 76.3 cm³/mol. The molecule has 2 N–H and O–H groups in total. The van der Waals surface area contributed by atoms with Crippen LogP contribution in [-0.4, -0.2) is 61.5 Å². The Morgan fingerprint density at radius 1 is 1.26 bits per heavy atom. The van der Waals surface area contributed by atoms with Gasteiger partial charge in [0.15, 0.2) is 0 Å². The minimum atomic E-state index is -4.50. The van der Waals surface area contributed by atoms with Crippen LogP contribution in [0.4, 0.5) is 13.2 Å². The first-order valence-electron chi connectivity index (χ1n) is 7.56. The lowest BCUT2D eigenvalue weighted by Crippen LogP contribution is -2.55. The third kappa shape index (κ3) is 6.64. The van der Waals surface area contributed by atoms with Crippen molar-refractivity contribution in [1.82, 2.24) is 9.62 Å². The van der Waals surface area contributed by atoms with Crippen molar-refractivity contribution in [1.29, 1.82) is 0 Å². The Kier molecular flexibility index (Phi) is 5.57. The number of alkyl halides is 3. The van der Waals surface area contributed by atoms with Gasteiger partial charge in [-0.2, -0.15) is 13.2 Å². The van der Waals surface area contributed by atoms with Gasteiger partial charge in [0.25, 0.3) is 0 Å². The Balaban J connectivity index is 1.76. The highest BCUT2D eigenvalue weighted by Gasteiger charge is 2.39. The highest BCUT2D eigenvalue weighted by molar-refractivity contribution is 7.89. The van der Waals surface area contributed by atoms with Crippen LogP contribution in [0.2, 0.25) is 0 Å². The average Bonchev–Trinajstić information content (AvgIpc) is 3.13. The molecule has 0 unspecified atom stereocenters. The van der Waals surface area contributed by atoms with E-state index in [0.29, 0.717) is 25.3 Å². The molecule has 2 aliphatic rings. The van der Waals surface area contributed by atoms with Crippen molar-refractivity contribution in [2.24, 2.45) is 5.92 Å². The van der Waals surface area contributed by atoms with Gasteiger partial charge in [0.1, 0.15) is 0 Å². The van der Waals surface area contributed by atoms with Crippen LogP contribution in [0, 0.1) is 5.92 Å². The van der Waals surface area contributed by atoms with E-state index in [0.717, 1.165) is 12.8 Å². The minimum absolute atomic E-state index is 0.0259. The zero-order chi connectivity index (χ0) is 17.3. The summed E-state index contributed by atoms with van der Waals surface area (Å²) in [5.74, 6) is -1.39. The fourth-order valence-corrected chi connectivity index (χ4v) is 4.01. The van der Waals surface area contributed by atoms with Crippen LogP contribution in [0.15, 0.2) is 0 Å². The molecule has 2 saturated carbocycles. The summed E-state index contributed by atoms with van der Waals surface area (Å²) in [5.41, 5.74) is 0. The second kappa shape index (κ2) is 6.94. The largest absolute Gasteiger partial charge is 0.480 e. The summed E-state index contributed by atoms with van der Waals surface area (Å²) in [6.07, 6.45) is -2.84. The molecule has 2 aliphatic carbocycles.